The molecule has 3 aromatic heterocycles. The summed E-state index contributed by atoms with van der Waals surface area (Å²) in [5, 5.41) is 20.2. The smallest absolute Gasteiger partial charge is 0.224 e. The number of nitrogens with one attached hydrogen (secondary N) is 1. The van der Waals surface area contributed by atoms with Crippen molar-refractivity contribution in [2.45, 2.75) is 33.6 Å². The minimum absolute atomic E-state index is 0.0163. The molecule has 8 heteroatoms. The molecule has 0 atom stereocenters. The Morgan fingerprint density at radius 2 is 1.79 bits per heavy atom. The Kier molecular flexibility index (Phi) is 4.60. The van der Waals surface area contributed by atoms with E-state index in [9.17, 15) is 4.79 Å². The third-order valence-corrected chi connectivity index (χ3v) is 4.72. The van der Waals surface area contributed by atoms with E-state index in [1.807, 2.05) is 63.2 Å². The van der Waals surface area contributed by atoms with E-state index in [1.165, 1.54) is 0 Å². The molecule has 0 spiro atoms. The van der Waals surface area contributed by atoms with Crippen molar-refractivity contribution in [3.63, 3.8) is 0 Å². The highest BCUT2D eigenvalue weighted by Crippen LogP contribution is 2.19. The number of anilines is 1. The largest absolute Gasteiger partial charge is 0.326 e. The monoisotopic (exact) mass is 375 g/mol. The molecule has 0 saturated carbocycles. The van der Waals surface area contributed by atoms with Gasteiger partial charge in [0.2, 0.25) is 5.91 Å². The molecule has 0 aliphatic rings. The number of para-hydroxylation sites is 1. The second kappa shape index (κ2) is 7.22. The Morgan fingerprint density at radius 1 is 1.00 bits per heavy atom. The maximum Gasteiger partial charge on any atom is 0.224 e. The summed E-state index contributed by atoms with van der Waals surface area (Å²) in [6.45, 7) is 5.81. The third-order valence-electron chi connectivity index (χ3n) is 4.72. The number of hydrogen-bond donors (Lipinski definition) is 1. The minimum Gasteiger partial charge on any atom is -0.326 e. The van der Waals surface area contributed by atoms with Gasteiger partial charge in [-0.3, -0.25) is 4.79 Å². The fourth-order valence-corrected chi connectivity index (χ4v) is 3.24. The molecule has 0 unspecified atom stereocenters. The number of nitrogens with zero attached hydrogens (tertiary/aromatic N) is 6. The van der Waals surface area contributed by atoms with Crippen LogP contribution in [0.15, 0.2) is 42.5 Å². The number of amides is 1. The van der Waals surface area contributed by atoms with Gasteiger partial charge in [-0.25, -0.2) is 4.68 Å². The van der Waals surface area contributed by atoms with Gasteiger partial charge in [-0.2, -0.15) is 9.61 Å². The molecule has 142 valence electrons. The van der Waals surface area contributed by atoms with E-state index < -0.39 is 0 Å². The molecular formula is C20H21N7O. The molecule has 8 nitrogen and oxygen atoms in total. The first kappa shape index (κ1) is 17.8. The molecule has 1 aromatic carbocycles. The summed E-state index contributed by atoms with van der Waals surface area (Å²) in [7, 11) is 0. The van der Waals surface area contributed by atoms with E-state index in [0.29, 0.717) is 24.3 Å². The van der Waals surface area contributed by atoms with Gasteiger partial charge >= 0.3 is 0 Å². The first-order chi connectivity index (χ1) is 13.5. The fraction of sp³-hybridized carbons (Fsp3) is 0.250. The van der Waals surface area contributed by atoms with Gasteiger partial charge in [0.15, 0.2) is 17.3 Å². The van der Waals surface area contributed by atoms with Gasteiger partial charge in [0.25, 0.3) is 0 Å². The Labute approximate surface area is 162 Å². The van der Waals surface area contributed by atoms with Crippen LogP contribution in [0.1, 0.15) is 29.2 Å². The average molecular weight is 375 g/mol. The van der Waals surface area contributed by atoms with Gasteiger partial charge in [0.05, 0.1) is 5.69 Å². The van der Waals surface area contributed by atoms with Crippen molar-refractivity contribution >= 4 is 17.2 Å². The molecule has 1 amide bonds. The lowest BCUT2D eigenvalue weighted by molar-refractivity contribution is -0.116. The summed E-state index contributed by atoms with van der Waals surface area (Å²) >= 11 is 0. The lowest BCUT2D eigenvalue weighted by atomic mass is 10.1. The van der Waals surface area contributed by atoms with Crippen molar-refractivity contribution < 1.29 is 4.79 Å². The maximum atomic E-state index is 12.3. The number of carbonyl (C=O) groups is 1. The van der Waals surface area contributed by atoms with Crippen molar-refractivity contribution in [3.05, 3.63) is 65.2 Å². The standard InChI is InChI=1S/C20H21N7O/c1-13-17(9-12-20(28)21-16-7-5-4-6-8-16)14(2)26(24-13)19-11-10-18-23-22-15(3)27(18)25-19/h4-8,10-11H,9,12H2,1-3H3,(H,21,28). The van der Waals surface area contributed by atoms with Gasteiger partial charge in [0.1, 0.15) is 0 Å². The van der Waals surface area contributed by atoms with Crippen molar-refractivity contribution in [2.24, 2.45) is 0 Å². The van der Waals surface area contributed by atoms with Gasteiger partial charge < -0.3 is 5.32 Å². The zero-order valence-electron chi connectivity index (χ0n) is 16.0. The van der Waals surface area contributed by atoms with Crippen LogP contribution in [0, 0.1) is 20.8 Å². The lowest BCUT2D eigenvalue weighted by Gasteiger charge is -2.06. The first-order valence-electron chi connectivity index (χ1n) is 9.12. The maximum absolute atomic E-state index is 12.3. The average Bonchev–Trinajstić information content (AvgIpc) is 3.20. The Hall–Kier alpha value is -3.55. The highest BCUT2D eigenvalue weighted by molar-refractivity contribution is 5.90. The van der Waals surface area contributed by atoms with Gasteiger partial charge in [-0.05, 0) is 57.0 Å². The molecule has 0 bridgehead atoms. The predicted molar refractivity (Wildman–Crippen MR) is 106 cm³/mol. The summed E-state index contributed by atoms with van der Waals surface area (Å²) in [6.07, 6.45) is 1.00. The van der Waals surface area contributed by atoms with E-state index >= 15 is 0 Å². The van der Waals surface area contributed by atoms with Crippen LogP contribution >= 0.6 is 0 Å². The van der Waals surface area contributed by atoms with Gasteiger partial charge in [-0.1, -0.05) is 18.2 Å². The number of aromatic nitrogens is 6. The van der Waals surface area contributed by atoms with Crippen LogP contribution in [0.4, 0.5) is 5.69 Å². The van der Waals surface area contributed by atoms with Crippen LogP contribution in [-0.4, -0.2) is 35.5 Å². The van der Waals surface area contributed by atoms with Crippen molar-refractivity contribution in [3.8, 4) is 5.82 Å². The molecule has 1 N–H and O–H groups in total. The minimum atomic E-state index is -0.0163. The van der Waals surface area contributed by atoms with Crippen LogP contribution in [-0.2, 0) is 11.2 Å². The van der Waals surface area contributed by atoms with Crippen LogP contribution < -0.4 is 5.32 Å². The van der Waals surface area contributed by atoms with E-state index in [0.717, 1.165) is 28.5 Å². The zero-order chi connectivity index (χ0) is 19.7. The normalized spacial score (nSPS) is 11.1. The lowest BCUT2D eigenvalue weighted by Crippen LogP contribution is -2.12. The second-order valence-corrected chi connectivity index (χ2v) is 6.68. The molecule has 28 heavy (non-hydrogen) atoms. The third kappa shape index (κ3) is 3.36. The number of fused-ring (bicyclic) bond motifs is 1. The van der Waals surface area contributed by atoms with Crippen LogP contribution in [0.25, 0.3) is 11.5 Å². The number of carbonyl (C=O) groups excluding carboxylic acids is 1. The van der Waals surface area contributed by atoms with E-state index in [2.05, 4.69) is 25.7 Å². The number of aryl methyl sites for hydroxylation is 2. The molecule has 4 rings (SSSR count). The summed E-state index contributed by atoms with van der Waals surface area (Å²) in [5.74, 6) is 1.39. The molecule has 4 aromatic rings. The molecule has 0 aliphatic carbocycles. The molecule has 0 aliphatic heterocycles. The second-order valence-electron chi connectivity index (χ2n) is 6.68. The van der Waals surface area contributed by atoms with Gasteiger partial charge in [0, 0.05) is 17.8 Å². The summed E-state index contributed by atoms with van der Waals surface area (Å²) < 4.78 is 3.50. The van der Waals surface area contributed by atoms with E-state index in [1.54, 1.807) is 9.20 Å². The predicted octanol–water partition coefficient (Wildman–Crippen LogP) is 2.81. The highest BCUT2D eigenvalue weighted by atomic mass is 16.1. The van der Waals surface area contributed by atoms with Gasteiger partial charge in [-0.15, -0.1) is 15.3 Å². The number of hydrogen-bond acceptors (Lipinski definition) is 5. The Morgan fingerprint density at radius 3 is 2.57 bits per heavy atom. The van der Waals surface area contributed by atoms with Crippen LogP contribution in [0.2, 0.25) is 0 Å². The topological polar surface area (TPSA) is 90.0 Å². The summed E-state index contributed by atoms with van der Waals surface area (Å²) in [4.78, 5) is 12.3. The number of benzene rings is 1. The molecule has 0 saturated heterocycles. The fourth-order valence-electron chi connectivity index (χ4n) is 3.24. The Bertz CT molecular complexity index is 1140. The zero-order valence-corrected chi connectivity index (χ0v) is 16.0. The van der Waals surface area contributed by atoms with Crippen LogP contribution in [0.5, 0.6) is 0 Å². The van der Waals surface area contributed by atoms with E-state index in [-0.39, 0.29) is 5.91 Å². The van der Waals surface area contributed by atoms with Crippen molar-refractivity contribution in [1.29, 1.82) is 0 Å². The quantitative estimate of drug-likeness (QED) is 0.579. The van der Waals surface area contributed by atoms with Crippen molar-refractivity contribution in [2.75, 3.05) is 5.32 Å². The van der Waals surface area contributed by atoms with Crippen molar-refractivity contribution in [1.82, 2.24) is 29.6 Å². The molecule has 3 heterocycles. The first-order valence-corrected chi connectivity index (χ1v) is 9.12. The molecule has 0 radical (unpaired) electrons. The Balaban J connectivity index is 1.53. The summed E-state index contributed by atoms with van der Waals surface area (Å²) in [5.41, 5.74) is 4.43. The van der Waals surface area contributed by atoms with E-state index in [4.69, 9.17) is 0 Å². The number of rotatable bonds is 5. The molecular weight excluding hydrogens is 354 g/mol. The van der Waals surface area contributed by atoms with Crippen LogP contribution in [0.3, 0.4) is 0 Å². The summed E-state index contributed by atoms with van der Waals surface area (Å²) in [6, 6.07) is 13.2. The highest BCUT2D eigenvalue weighted by Gasteiger charge is 2.16. The molecule has 0 fully saturated rings. The SMILES string of the molecule is Cc1nn(-c2ccc3nnc(C)n3n2)c(C)c1CCC(=O)Nc1ccccc1.